The molecule has 1 saturated heterocycles. The number of benzene rings is 2. The lowest BCUT2D eigenvalue weighted by Crippen LogP contribution is -2.42. The number of aromatic nitrogens is 1. The summed E-state index contributed by atoms with van der Waals surface area (Å²) < 4.78 is 5.74. The fourth-order valence-corrected chi connectivity index (χ4v) is 4.51. The van der Waals surface area contributed by atoms with Crippen LogP contribution in [-0.2, 0) is 11.2 Å². The summed E-state index contributed by atoms with van der Waals surface area (Å²) in [6.07, 6.45) is 3.25. The van der Waals surface area contributed by atoms with E-state index < -0.39 is 0 Å². The van der Waals surface area contributed by atoms with Gasteiger partial charge in [0.25, 0.3) is 5.22 Å². The van der Waals surface area contributed by atoms with Crippen LogP contribution in [0.15, 0.2) is 64.2 Å². The maximum Gasteiger partial charge on any atom is 0.257 e. The highest BCUT2D eigenvalue weighted by Gasteiger charge is 2.27. The third-order valence-electron chi connectivity index (χ3n) is 5.19. The fraction of sp³-hybridized carbons (Fsp3) is 0.364. The van der Waals surface area contributed by atoms with E-state index in [9.17, 15) is 4.79 Å². The number of nitrogens with zero attached hydrogens (tertiary/aromatic N) is 2. The van der Waals surface area contributed by atoms with Crippen LogP contribution in [-0.4, -0.2) is 34.1 Å². The number of hydrogen-bond donors (Lipinski definition) is 0. The van der Waals surface area contributed by atoms with Gasteiger partial charge in [-0.05, 0) is 49.8 Å². The third kappa shape index (κ3) is 4.35. The molecule has 0 radical (unpaired) electrons. The number of fused-ring (bicyclic) bond motifs is 1. The topological polar surface area (TPSA) is 46.3 Å². The predicted octanol–water partition coefficient (Wildman–Crippen LogP) is 4.79. The first-order chi connectivity index (χ1) is 13.2. The second-order valence-electron chi connectivity index (χ2n) is 7.17. The molecule has 0 N–H and O–H groups in total. The van der Waals surface area contributed by atoms with Gasteiger partial charge >= 0.3 is 0 Å². The number of rotatable bonds is 5. The number of hydrogen-bond acceptors (Lipinski definition) is 4. The Morgan fingerprint density at radius 2 is 1.85 bits per heavy atom. The maximum atomic E-state index is 12.8. The molecule has 1 aliphatic rings. The highest BCUT2D eigenvalue weighted by molar-refractivity contribution is 8.00. The van der Waals surface area contributed by atoms with Gasteiger partial charge in [-0.15, -0.1) is 0 Å². The molecule has 2 aromatic carbocycles. The zero-order valence-electron chi connectivity index (χ0n) is 15.5. The largest absolute Gasteiger partial charge is 0.431 e. The minimum absolute atomic E-state index is 0.181. The molecular formula is C22H24N2O2S. The average Bonchev–Trinajstić information content (AvgIpc) is 3.11. The Kier molecular flexibility index (Phi) is 5.48. The number of oxazole rings is 1. The van der Waals surface area contributed by atoms with Gasteiger partial charge in [0.15, 0.2) is 5.58 Å². The smallest absolute Gasteiger partial charge is 0.257 e. The molecular weight excluding hydrogens is 356 g/mol. The average molecular weight is 381 g/mol. The molecule has 4 nitrogen and oxygen atoms in total. The Labute approximate surface area is 164 Å². The lowest BCUT2D eigenvalue weighted by Gasteiger charge is -2.33. The van der Waals surface area contributed by atoms with E-state index in [1.54, 1.807) is 0 Å². The molecule has 27 heavy (non-hydrogen) atoms. The van der Waals surface area contributed by atoms with Crippen molar-refractivity contribution in [3.63, 3.8) is 0 Å². The first-order valence-electron chi connectivity index (χ1n) is 9.54. The molecule has 1 fully saturated rings. The number of carbonyl (C=O) groups excluding carboxylic acids is 1. The van der Waals surface area contributed by atoms with E-state index in [0.717, 1.165) is 43.5 Å². The van der Waals surface area contributed by atoms with Crippen molar-refractivity contribution in [1.82, 2.24) is 9.88 Å². The van der Waals surface area contributed by atoms with Crippen LogP contribution in [0.3, 0.4) is 0 Å². The lowest BCUT2D eigenvalue weighted by atomic mass is 9.90. The van der Waals surface area contributed by atoms with Crippen LogP contribution in [0.4, 0.5) is 0 Å². The predicted molar refractivity (Wildman–Crippen MR) is 109 cm³/mol. The van der Waals surface area contributed by atoms with Gasteiger partial charge < -0.3 is 9.32 Å². The summed E-state index contributed by atoms with van der Waals surface area (Å²) in [6.45, 7) is 3.63. The van der Waals surface area contributed by atoms with Crippen molar-refractivity contribution >= 4 is 28.8 Å². The summed E-state index contributed by atoms with van der Waals surface area (Å²) in [4.78, 5) is 19.3. The van der Waals surface area contributed by atoms with Gasteiger partial charge in [0.2, 0.25) is 5.91 Å². The van der Waals surface area contributed by atoms with Crippen molar-refractivity contribution in [2.45, 2.75) is 36.7 Å². The lowest BCUT2D eigenvalue weighted by molar-refractivity contribution is -0.131. The van der Waals surface area contributed by atoms with Gasteiger partial charge in [0.05, 0.1) is 5.25 Å². The minimum Gasteiger partial charge on any atom is -0.431 e. The molecule has 0 unspecified atom stereocenters. The van der Waals surface area contributed by atoms with E-state index in [0.29, 0.717) is 11.1 Å². The molecule has 1 amide bonds. The molecule has 4 rings (SSSR count). The molecule has 5 heteroatoms. The standard InChI is InChI=1S/C22H24N2O2S/c1-16(27-22-23-19-9-5-6-10-20(19)26-22)21(25)24-13-11-18(12-14-24)15-17-7-3-2-4-8-17/h2-10,16,18H,11-15H2,1H3/t16-/m0/s1. The van der Waals surface area contributed by atoms with E-state index in [4.69, 9.17) is 4.42 Å². The zero-order chi connectivity index (χ0) is 18.6. The Morgan fingerprint density at radius 1 is 1.15 bits per heavy atom. The zero-order valence-corrected chi connectivity index (χ0v) is 16.3. The van der Waals surface area contributed by atoms with Crippen LogP contribution < -0.4 is 0 Å². The third-order valence-corrected chi connectivity index (χ3v) is 6.12. The van der Waals surface area contributed by atoms with Gasteiger partial charge in [-0.3, -0.25) is 4.79 Å². The second-order valence-corrected chi connectivity index (χ2v) is 8.46. The summed E-state index contributed by atoms with van der Waals surface area (Å²) in [6, 6.07) is 18.3. The maximum absolute atomic E-state index is 12.8. The van der Waals surface area contributed by atoms with Gasteiger partial charge in [0.1, 0.15) is 5.52 Å². The van der Waals surface area contributed by atoms with Crippen molar-refractivity contribution in [2.75, 3.05) is 13.1 Å². The summed E-state index contributed by atoms with van der Waals surface area (Å²) in [5, 5.41) is 0.375. The van der Waals surface area contributed by atoms with Crippen LogP contribution in [0.25, 0.3) is 11.1 Å². The van der Waals surface area contributed by atoms with Crippen LogP contribution in [0.2, 0.25) is 0 Å². The highest BCUT2D eigenvalue weighted by atomic mass is 32.2. The van der Waals surface area contributed by atoms with Crippen LogP contribution >= 0.6 is 11.8 Å². The summed E-state index contributed by atoms with van der Waals surface area (Å²) in [7, 11) is 0. The summed E-state index contributed by atoms with van der Waals surface area (Å²) in [5.41, 5.74) is 2.99. The first kappa shape index (κ1) is 18.1. The van der Waals surface area contributed by atoms with Gasteiger partial charge in [-0.1, -0.05) is 54.2 Å². The molecule has 0 bridgehead atoms. The molecule has 0 aliphatic carbocycles. The van der Waals surface area contributed by atoms with Crippen molar-refractivity contribution in [2.24, 2.45) is 5.92 Å². The Balaban J connectivity index is 1.30. The number of thioether (sulfide) groups is 1. The van der Waals surface area contributed by atoms with Gasteiger partial charge in [0, 0.05) is 13.1 Å². The van der Waals surface area contributed by atoms with Crippen LogP contribution in [0.1, 0.15) is 25.3 Å². The molecule has 140 valence electrons. The minimum atomic E-state index is -0.191. The molecule has 2 heterocycles. The summed E-state index contributed by atoms with van der Waals surface area (Å²) >= 11 is 1.41. The van der Waals surface area contributed by atoms with E-state index >= 15 is 0 Å². The number of piperidine rings is 1. The van der Waals surface area contributed by atoms with Crippen molar-refractivity contribution in [3.05, 3.63) is 60.2 Å². The first-order valence-corrected chi connectivity index (χ1v) is 10.4. The molecule has 0 saturated carbocycles. The highest BCUT2D eigenvalue weighted by Crippen LogP contribution is 2.29. The Morgan fingerprint density at radius 3 is 2.59 bits per heavy atom. The van der Waals surface area contributed by atoms with Crippen molar-refractivity contribution < 1.29 is 9.21 Å². The molecule has 1 aliphatic heterocycles. The molecule has 1 aromatic heterocycles. The van der Waals surface area contributed by atoms with E-state index in [-0.39, 0.29) is 11.2 Å². The quantitative estimate of drug-likeness (QED) is 0.597. The van der Waals surface area contributed by atoms with Crippen molar-refractivity contribution in [1.29, 1.82) is 0 Å². The SMILES string of the molecule is C[C@H](Sc1nc2ccccc2o1)C(=O)N1CCC(Cc2ccccc2)CC1. The number of para-hydroxylation sites is 2. The van der Waals surface area contributed by atoms with E-state index in [1.165, 1.54) is 17.3 Å². The monoisotopic (exact) mass is 380 g/mol. The Bertz CT molecular complexity index is 868. The normalized spacial score (nSPS) is 16.6. The van der Waals surface area contributed by atoms with Crippen LogP contribution in [0.5, 0.6) is 0 Å². The molecule has 1 atom stereocenters. The van der Waals surface area contributed by atoms with Crippen molar-refractivity contribution in [3.8, 4) is 0 Å². The fourth-order valence-electron chi connectivity index (χ4n) is 3.67. The second kappa shape index (κ2) is 8.17. The number of likely N-dealkylation sites (tertiary alicyclic amines) is 1. The molecule has 0 spiro atoms. The van der Waals surface area contributed by atoms with E-state index in [2.05, 4.69) is 35.3 Å². The molecule has 3 aromatic rings. The Hall–Kier alpha value is -2.27. The van der Waals surface area contributed by atoms with Crippen LogP contribution in [0, 0.1) is 5.92 Å². The van der Waals surface area contributed by atoms with Gasteiger partial charge in [-0.2, -0.15) is 0 Å². The van der Waals surface area contributed by atoms with Gasteiger partial charge in [-0.25, -0.2) is 4.98 Å². The van der Waals surface area contributed by atoms with E-state index in [1.807, 2.05) is 36.1 Å². The summed E-state index contributed by atoms with van der Waals surface area (Å²) in [5.74, 6) is 0.844. The number of carbonyl (C=O) groups is 1. The number of amides is 1.